The third kappa shape index (κ3) is 2.41. The Morgan fingerprint density at radius 3 is 1.75 bits per heavy atom. The van der Waals surface area contributed by atoms with Crippen molar-refractivity contribution in [2.24, 2.45) is 0 Å². The van der Waals surface area contributed by atoms with Crippen LogP contribution in [0.2, 0.25) is 0 Å². The Hall–Kier alpha value is -2.61. The number of rotatable bonds is 4. The van der Waals surface area contributed by atoms with E-state index in [0.717, 1.165) is 11.1 Å². The molecule has 2 nitrogen and oxygen atoms in total. The van der Waals surface area contributed by atoms with Gasteiger partial charge in [-0.25, -0.2) is 0 Å². The average Bonchev–Trinajstić information content (AvgIpc) is 3.04. The summed E-state index contributed by atoms with van der Waals surface area (Å²) in [6.07, 6.45) is 1.53. The number of furan rings is 1. The van der Waals surface area contributed by atoms with Crippen molar-refractivity contribution in [2.75, 3.05) is 0 Å². The van der Waals surface area contributed by atoms with E-state index in [1.54, 1.807) is 12.1 Å². The van der Waals surface area contributed by atoms with Crippen molar-refractivity contribution < 1.29 is 9.21 Å². The number of benzene rings is 2. The standard InChI is InChI=1S/C18H14O2/c19-18(16-12-7-13-20-16)17(14-8-3-1-4-9-14)15-10-5-2-6-11-15/h1-13,17H. The Kier molecular flexibility index (Phi) is 3.46. The Labute approximate surface area is 117 Å². The molecule has 98 valence electrons. The van der Waals surface area contributed by atoms with Gasteiger partial charge in [-0.2, -0.15) is 0 Å². The summed E-state index contributed by atoms with van der Waals surface area (Å²) < 4.78 is 5.27. The van der Waals surface area contributed by atoms with Gasteiger partial charge in [0.25, 0.3) is 0 Å². The van der Waals surface area contributed by atoms with E-state index in [1.165, 1.54) is 6.26 Å². The first-order valence-corrected chi connectivity index (χ1v) is 6.54. The molecule has 1 aromatic heterocycles. The quantitative estimate of drug-likeness (QED) is 0.656. The first-order valence-electron chi connectivity index (χ1n) is 6.54. The smallest absolute Gasteiger partial charge is 0.209 e. The molecule has 0 fully saturated rings. The Balaban J connectivity index is 2.07. The van der Waals surface area contributed by atoms with Crippen LogP contribution in [0.15, 0.2) is 83.5 Å². The lowest BCUT2D eigenvalue weighted by atomic mass is 9.87. The van der Waals surface area contributed by atoms with Crippen molar-refractivity contribution in [2.45, 2.75) is 5.92 Å². The van der Waals surface area contributed by atoms with Gasteiger partial charge in [-0.3, -0.25) is 4.79 Å². The average molecular weight is 262 g/mol. The van der Waals surface area contributed by atoms with E-state index in [-0.39, 0.29) is 11.7 Å². The Bertz CT molecular complexity index is 630. The highest BCUT2D eigenvalue weighted by atomic mass is 16.3. The molecule has 0 bridgehead atoms. The van der Waals surface area contributed by atoms with Crippen LogP contribution in [0.25, 0.3) is 0 Å². The van der Waals surface area contributed by atoms with E-state index in [9.17, 15) is 4.79 Å². The van der Waals surface area contributed by atoms with Crippen LogP contribution in [0.4, 0.5) is 0 Å². The molecule has 0 unspecified atom stereocenters. The van der Waals surface area contributed by atoms with Crippen LogP contribution in [-0.4, -0.2) is 5.78 Å². The first kappa shape index (κ1) is 12.4. The summed E-state index contributed by atoms with van der Waals surface area (Å²) in [5.74, 6) is 0.0404. The molecule has 1 heterocycles. The molecule has 0 N–H and O–H groups in total. The number of hydrogen-bond acceptors (Lipinski definition) is 2. The number of Topliss-reactive ketones (excluding diaryl/α,β-unsaturated/α-hetero) is 1. The zero-order chi connectivity index (χ0) is 13.8. The lowest BCUT2D eigenvalue weighted by molar-refractivity contribution is 0.0947. The highest BCUT2D eigenvalue weighted by Gasteiger charge is 2.25. The lowest BCUT2D eigenvalue weighted by Gasteiger charge is -2.15. The molecule has 2 heteroatoms. The minimum Gasteiger partial charge on any atom is -0.461 e. The second-order valence-electron chi connectivity index (χ2n) is 4.60. The normalized spacial score (nSPS) is 10.7. The summed E-state index contributed by atoms with van der Waals surface area (Å²) >= 11 is 0. The SMILES string of the molecule is O=C(c1ccco1)C(c1ccccc1)c1ccccc1. The summed E-state index contributed by atoms with van der Waals surface area (Å²) in [4.78, 5) is 12.7. The highest BCUT2D eigenvalue weighted by molar-refractivity contribution is 6.00. The van der Waals surface area contributed by atoms with Gasteiger partial charge >= 0.3 is 0 Å². The van der Waals surface area contributed by atoms with Gasteiger partial charge in [0, 0.05) is 0 Å². The van der Waals surface area contributed by atoms with Crippen LogP contribution in [0, 0.1) is 0 Å². The van der Waals surface area contributed by atoms with Crippen LogP contribution in [0.3, 0.4) is 0 Å². The third-order valence-corrected chi connectivity index (χ3v) is 3.29. The summed E-state index contributed by atoms with van der Waals surface area (Å²) in [5, 5.41) is 0. The van der Waals surface area contributed by atoms with Crippen LogP contribution < -0.4 is 0 Å². The molecule has 0 saturated heterocycles. The van der Waals surface area contributed by atoms with Crippen LogP contribution in [0.1, 0.15) is 27.6 Å². The van der Waals surface area contributed by atoms with Gasteiger partial charge in [0.2, 0.25) is 5.78 Å². The van der Waals surface area contributed by atoms with E-state index < -0.39 is 0 Å². The molecule has 2 aromatic carbocycles. The molecule has 20 heavy (non-hydrogen) atoms. The molecule has 0 aliphatic heterocycles. The molecule has 0 spiro atoms. The van der Waals surface area contributed by atoms with Crippen molar-refractivity contribution in [1.82, 2.24) is 0 Å². The first-order chi connectivity index (χ1) is 9.86. The molecule has 0 radical (unpaired) electrons. The topological polar surface area (TPSA) is 30.2 Å². The molecular formula is C18H14O2. The van der Waals surface area contributed by atoms with Crippen molar-refractivity contribution >= 4 is 5.78 Å². The number of ketones is 1. The van der Waals surface area contributed by atoms with Gasteiger partial charge in [-0.05, 0) is 23.3 Å². The maximum Gasteiger partial charge on any atom is 0.209 e. The van der Waals surface area contributed by atoms with Gasteiger partial charge in [0.05, 0.1) is 12.2 Å². The molecule has 0 saturated carbocycles. The minimum absolute atomic E-state index is 0.0209. The molecule has 0 amide bonds. The molecule has 3 aromatic rings. The van der Waals surface area contributed by atoms with Gasteiger partial charge < -0.3 is 4.42 Å². The van der Waals surface area contributed by atoms with E-state index in [1.807, 2.05) is 60.7 Å². The van der Waals surface area contributed by atoms with E-state index in [4.69, 9.17) is 4.42 Å². The second-order valence-corrected chi connectivity index (χ2v) is 4.60. The second kappa shape index (κ2) is 5.57. The third-order valence-electron chi connectivity index (χ3n) is 3.29. The monoisotopic (exact) mass is 262 g/mol. The van der Waals surface area contributed by atoms with Crippen molar-refractivity contribution in [1.29, 1.82) is 0 Å². The fourth-order valence-electron chi connectivity index (χ4n) is 2.35. The zero-order valence-corrected chi connectivity index (χ0v) is 10.9. The summed E-state index contributed by atoms with van der Waals surface area (Å²) in [7, 11) is 0. The predicted molar refractivity (Wildman–Crippen MR) is 77.8 cm³/mol. The Morgan fingerprint density at radius 1 is 0.750 bits per heavy atom. The maximum atomic E-state index is 12.7. The fourth-order valence-corrected chi connectivity index (χ4v) is 2.35. The molecule has 3 rings (SSSR count). The van der Waals surface area contributed by atoms with Crippen LogP contribution >= 0.6 is 0 Å². The lowest BCUT2D eigenvalue weighted by Crippen LogP contribution is -2.13. The summed E-state index contributed by atoms with van der Waals surface area (Å²) in [5.41, 5.74) is 1.94. The van der Waals surface area contributed by atoms with Gasteiger partial charge in [-0.15, -0.1) is 0 Å². The number of hydrogen-bond donors (Lipinski definition) is 0. The van der Waals surface area contributed by atoms with Crippen LogP contribution in [0.5, 0.6) is 0 Å². The van der Waals surface area contributed by atoms with Crippen molar-refractivity contribution in [3.05, 3.63) is 95.9 Å². The summed E-state index contributed by atoms with van der Waals surface area (Å²) in [6, 6.07) is 23.0. The van der Waals surface area contributed by atoms with Gasteiger partial charge in [-0.1, -0.05) is 60.7 Å². The predicted octanol–water partition coefficient (Wildman–Crippen LogP) is 4.29. The van der Waals surface area contributed by atoms with Gasteiger partial charge in [0.1, 0.15) is 0 Å². The van der Waals surface area contributed by atoms with E-state index in [0.29, 0.717) is 5.76 Å². The largest absolute Gasteiger partial charge is 0.461 e. The maximum absolute atomic E-state index is 12.7. The molecular weight excluding hydrogens is 248 g/mol. The minimum atomic E-state index is -0.330. The molecule has 0 aliphatic rings. The van der Waals surface area contributed by atoms with Gasteiger partial charge in [0.15, 0.2) is 5.76 Å². The highest BCUT2D eigenvalue weighted by Crippen LogP contribution is 2.28. The van der Waals surface area contributed by atoms with E-state index >= 15 is 0 Å². The number of carbonyl (C=O) groups is 1. The van der Waals surface area contributed by atoms with E-state index in [2.05, 4.69) is 0 Å². The molecule has 0 atom stereocenters. The van der Waals surface area contributed by atoms with Crippen LogP contribution in [-0.2, 0) is 0 Å². The van der Waals surface area contributed by atoms with Crippen molar-refractivity contribution in [3.63, 3.8) is 0 Å². The van der Waals surface area contributed by atoms with Crippen molar-refractivity contribution in [3.8, 4) is 0 Å². The summed E-state index contributed by atoms with van der Waals surface area (Å²) in [6.45, 7) is 0. The Morgan fingerprint density at radius 2 is 1.30 bits per heavy atom. The fraction of sp³-hybridized carbons (Fsp3) is 0.0556. The zero-order valence-electron chi connectivity index (χ0n) is 10.9. The number of carbonyl (C=O) groups excluding carboxylic acids is 1. The molecule has 0 aliphatic carbocycles.